The van der Waals surface area contributed by atoms with Crippen molar-refractivity contribution in [3.63, 3.8) is 0 Å². The molecule has 0 saturated carbocycles. The SMILES string of the molecule is COc1ccc(COC(=O)C(N2C(=O)[C@H]([C@@H](C)O[Si](C)(C)C(C)(C)C)[C@H]2[C@@H](CO[Si](C)(C)C(C)(C)C)C(=O)CSc2nncs2)=P(c2ccccc2)(c2ccccc2)c2ccccc2)cc1. The Labute approximate surface area is 402 Å². The maximum atomic E-state index is 15.9. The lowest BCUT2D eigenvalue weighted by atomic mass is 9.74. The number of hydrogen-bond donors (Lipinski definition) is 0. The highest BCUT2D eigenvalue weighted by Gasteiger charge is 2.60. The van der Waals surface area contributed by atoms with E-state index in [-0.39, 0.29) is 46.2 Å². The van der Waals surface area contributed by atoms with Crippen LogP contribution in [-0.4, -0.2) is 86.4 Å². The Kier molecular flexibility index (Phi) is 16.3. The highest BCUT2D eigenvalue weighted by Crippen LogP contribution is 2.52. The van der Waals surface area contributed by atoms with Crippen molar-refractivity contribution in [3.05, 3.63) is 126 Å². The molecule has 66 heavy (non-hydrogen) atoms. The number of β-lactam (4-membered cyclic amide) rings is 1. The molecule has 4 aromatic carbocycles. The van der Waals surface area contributed by atoms with E-state index in [1.807, 2.05) is 122 Å². The molecule has 6 rings (SSSR count). The summed E-state index contributed by atoms with van der Waals surface area (Å²) in [6.07, 6.45) is -0.604. The van der Waals surface area contributed by atoms with Gasteiger partial charge in [0.15, 0.2) is 26.8 Å². The van der Waals surface area contributed by atoms with Gasteiger partial charge < -0.3 is 23.2 Å². The van der Waals surface area contributed by atoms with Gasteiger partial charge in [0.05, 0.1) is 36.8 Å². The molecule has 0 bridgehead atoms. The van der Waals surface area contributed by atoms with Crippen LogP contribution in [0.5, 0.6) is 5.75 Å². The molecule has 10 nitrogen and oxygen atoms in total. The molecule has 15 heteroatoms. The number of esters is 1. The molecule has 0 spiro atoms. The van der Waals surface area contributed by atoms with Gasteiger partial charge in [-0.1, -0.05) is 168 Å². The number of aromatic nitrogens is 2. The van der Waals surface area contributed by atoms with E-state index in [2.05, 4.69) is 77.9 Å². The monoisotopic (exact) mass is 983 g/mol. The summed E-state index contributed by atoms with van der Waals surface area (Å²) in [6.45, 7) is 20.3. The van der Waals surface area contributed by atoms with Gasteiger partial charge in [0.1, 0.15) is 23.3 Å². The molecule has 1 aliphatic heterocycles. The van der Waals surface area contributed by atoms with E-state index in [4.69, 9.17) is 18.3 Å². The fourth-order valence-electron chi connectivity index (χ4n) is 7.86. The summed E-state index contributed by atoms with van der Waals surface area (Å²) in [5.74, 6) is -1.97. The molecule has 5 aromatic rings. The first-order valence-corrected chi connectivity index (χ1v) is 31.9. The zero-order valence-corrected chi connectivity index (χ0v) is 45.0. The van der Waals surface area contributed by atoms with Crippen molar-refractivity contribution < 1.29 is 32.7 Å². The molecule has 2 heterocycles. The highest BCUT2D eigenvalue weighted by molar-refractivity contribution is 8.01. The summed E-state index contributed by atoms with van der Waals surface area (Å²) >= 11 is 2.69. The van der Waals surface area contributed by atoms with E-state index in [0.29, 0.717) is 10.1 Å². The van der Waals surface area contributed by atoms with Gasteiger partial charge in [-0.2, -0.15) is 0 Å². The zero-order valence-electron chi connectivity index (χ0n) is 40.4. The van der Waals surface area contributed by atoms with Crippen molar-refractivity contribution in [3.8, 4) is 5.75 Å². The Morgan fingerprint density at radius 3 is 1.76 bits per heavy atom. The predicted molar refractivity (Wildman–Crippen MR) is 277 cm³/mol. The third-order valence-corrected chi connectivity index (χ3v) is 28.8. The second-order valence-corrected chi connectivity index (χ2v) is 34.8. The zero-order chi connectivity index (χ0) is 48.1. The number of nitrogens with zero attached hydrogens (tertiary/aromatic N) is 3. The fourth-order valence-corrected chi connectivity index (χ4v) is 16.1. The average molecular weight is 984 g/mol. The lowest BCUT2D eigenvalue weighted by Gasteiger charge is -2.55. The fraction of sp³-hybridized carbons (Fsp3) is 0.412. The van der Waals surface area contributed by atoms with Gasteiger partial charge in [-0.05, 0) is 76.8 Å². The number of likely N-dealkylation sites (tertiary alicyclic amines) is 1. The molecular weight excluding hydrogens is 918 g/mol. The van der Waals surface area contributed by atoms with Gasteiger partial charge >= 0.3 is 5.97 Å². The lowest BCUT2D eigenvalue weighted by molar-refractivity contribution is -0.163. The van der Waals surface area contributed by atoms with Crippen LogP contribution in [0.15, 0.2) is 125 Å². The Hall–Kier alpha value is -4.15. The van der Waals surface area contributed by atoms with Crippen molar-refractivity contribution in [2.45, 2.75) is 108 Å². The first kappa shape index (κ1) is 51.2. The summed E-state index contributed by atoms with van der Waals surface area (Å²) in [5, 5.41) is 10.5. The number of ether oxygens (including phenoxy) is 2. The van der Waals surface area contributed by atoms with Crippen LogP contribution in [-0.2, 0) is 34.6 Å². The molecule has 1 amide bonds. The molecule has 1 fully saturated rings. The summed E-state index contributed by atoms with van der Waals surface area (Å²) in [6, 6.07) is 36.4. The van der Waals surface area contributed by atoms with Crippen molar-refractivity contribution in [1.82, 2.24) is 15.1 Å². The minimum Gasteiger partial charge on any atom is -0.497 e. The number of carbonyl (C=O) groups is 3. The smallest absolute Gasteiger partial charge is 0.356 e. The predicted octanol–water partition coefficient (Wildman–Crippen LogP) is 9.95. The van der Waals surface area contributed by atoms with Crippen molar-refractivity contribution >= 4 is 85.6 Å². The molecule has 0 radical (unpaired) electrons. The number of benzene rings is 4. The van der Waals surface area contributed by atoms with Crippen molar-refractivity contribution in [2.24, 2.45) is 11.8 Å². The summed E-state index contributed by atoms with van der Waals surface area (Å²) in [7, 11) is -3.36. The number of ketones is 1. The summed E-state index contributed by atoms with van der Waals surface area (Å²) in [5.41, 5.74) is 2.59. The van der Waals surface area contributed by atoms with E-state index < -0.39 is 53.5 Å². The van der Waals surface area contributed by atoms with Crippen LogP contribution in [0.3, 0.4) is 0 Å². The van der Waals surface area contributed by atoms with Crippen LogP contribution < -0.4 is 20.7 Å². The van der Waals surface area contributed by atoms with Crippen LogP contribution in [0.1, 0.15) is 54.0 Å². The Balaban J connectivity index is 1.68. The average Bonchev–Trinajstić information content (AvgIpc) is 3.81. The number of rotatable bonds is 19. The van der Waals surface area contributed by atoms with E-state index in [9.17, 15) is 0 Å². The van der Waals surface area contributed by atoms with Gasteiger partial charge in [-0.25, -0.2) is 4.79 Å². The Morgan fingerprint density at radius 2 is 1.30 bits per heavy atom. The van der Waals surface area contributed by atoms with Crippen LogP contribution in [0.25, 0.3) is 0 Å². The van der Waals surface area contributed by atoms with Gasteiger partial charge in [-0.15, -0.1) is 10.2 Å². The molecule has 0 N–H and O–H groups in total. The number of carbonyl (C=O) groups excluding carboxylic acids is 3. The lowest BCUT2D eigenvalue weighted by Crippen LogP contribution is -2.72. The van der Waals surface area contributed by atoms with E-state index >= 15 is 14.4 Å². The van der Waals surface area contributed by atoms with Gasteiger partial charge in [-0.3, -0.25) is 9.59 Å². The van der Waals surface area contributed by atoms with Crippen LogP contribution >= 0.6 is 30.0 Å². The minimum atomic E-state index is -3.35. The van der Waals surface area contributed by atoms with Crippen molar-refractivity contribution in [1.29, 1.82) is 0 Å². The van der Waals surface area contributed by atoms with Gasteiger partial charge in [0, 0.05) is 13.5 Å². The largest absolute Gasteiger partial charge is 0.497 e. The van der Waals surface area contributed by atoms with Gasteiger partial charge in [0.25, 0.3) is 0 Å². The number of methoxy groups -OCH3 is 1. The number of thioether (sulfide) groups is 1. The molecular formula is C51H66N3O7PS2Si2. The standard InChI is InChI=1S/C51H66N3O7PS2Si2/c1-36(61-66(11,12)51(5,6)7)44-45(42(33-60-65(9,10)50(2,3)4)43(55)34-63-49-53-52-35-64-49)54(46(44)56)47(48(57)59-32-37-28-30-38(58-8)31-29-37)62(39-22-16-13-17-23-39,40-24-18-14-19-25-40)41-26-20-15-21-27-41/h13-31,35-36,42,44-45H,32-34H2,1-12H3/t36-,42+,44-,45-/m1/s1. The first-order valence-electron chi connectivity index (χ1n) is 22.4. The number of Topliss-reactive ketones (excluding diaryl/α,β-unsaturated/α-hetero) is 1. The first-order chi connectivity index (χ1) is 31.1. The Bertz CT molecular complexity index is 2380. The van der Waals surface area contributed by atoms with E-state index in [0.717, 1.165) is 21.5 Å². The van der Waals surface area contributed by atoms with Crippen LogP contribution in [0, 0.1) is 11.8 Å². The highest BCUT2D eigenvalue weighted by atomic mass is 32.2. The molecule has 1 saturated heterocycles. The Morgan fingerprint density at radius 1 is 0.788 bits per heavy atom. The maximum absolute atomic E-state index is 15.9. The van der Waals surface area contributed by atoms with Crippen LogP contribution in [0.4, 0.5) is 0 Å². The number of amides is 1. The van der Waals surface area contributed by atoms with Crippen LogP contribution in [0.2, 0.25) is 36.3 Å². The summed E-state index contributed by atoms with van der Waals surface area (Å²) in [4.78, 5) is 48.7. The van der Waals surface area contributed by atoms with E-state index in [1.165, 1.54) is 23.1 Å². The maximum Gasteiger partial charge on any atom is 0.356 e. The molecule has 1 aromatic heterocycles. The molecule has 1 aliphatic rings. The molecule has 4 atom stereocenters. The third-order valence-electron chi connectivity index (χ3n) is 13.6. The second-order valence-electron chi connectivity index (χ2n) is 19.9. The quantitative estimate of drug-likeness (QED) is 0.0260. The topological polar surface area (TPSA) is 117 Å². The molecule has 0 aliphatic carbocycles. The minimum absolute atomic E-state index is 0.0470. The third kappa shape index (κ3) is 10.9. The normalized spacial score (nSPS) is 16.8. The number of hydrogen-bond acceptors (Lipinski definition) is 11. The van der Waals surface area contributed by atoms with E-state index in [1.54, 1.807) is 17.5 Å². The second kappa shape index (κ2) is 21.0. The molecule has 352 valence electrons. The summed E-state index contributed by atoms with van der Waals surface area (Å²) < 4.78 is 26.7. The van der Waals surface area contributed by atoms with Gasteiger partial charge in [0.2, 0.25) is 5.91 Å². The molecule has 0 unspecified atom stereocenters. The van der Waals surface area contributed by atoms with Crippen molar-refractivity contribution in [2.75, 3.05) is 19.5 Å².